The minimum Gasteiger partial charge on any atom is -0.477 e. The van der Waals surface area contributed by atoms with Gasteiger partial charge in [0.05, 0.1) is 11.1 Å². The van der Waals surface area contributed by atoms with Crippen LogP contribution in [-0.4, -0.2) is 37.4 Å². The van der Waals surface area contributed by atoms with Crippen LogP contribution in [0.25, 0.3) is 0 Å². The van der Waals surface area contributed by atoms with E-state index in [0.29, 0.717) is 4.88 Å². The largest absolute Gasteiger partial charge is 0.477 e. The minimum atomic E-state index is -0.850. The Morgan fingerprint density at radius 1 is 1.62 bits per heavy atom. The number of ether oxygens (including phenoxy) is 1. The molecule has 0 spiro atoms. The second kappa shape index (κ2) is 4.84. The molecule has 0 saturated carbocycles. The highest BCUT2D eigenvalue weighted by molar-refractivity contribution is 7.17. The third-order valence-electron chi connectivity index (χ3n) is 2.83. The maximum absolute atomic E-state index is 10.8. The van der Waals surface area contributed by atoms with Gasteiger partial charge in [-0.25, -0.2) is 4.79 Å². The Hall–Kier alpha value is -1.07. The second-order valence-electron chi connectivity index (χ2n) is 3.89. The van der Waals surface area contributed by atoms with Crippen molar-refractivity contribution in [3.63, 3.8) is 0 Å². The highest BCUT2D eigenvalue weighted by atomic mass is 32.1. The molecule has 0 amide bonds. The van der Waals surface area contributed by atoms with Gasteiger partial charge in [-0.2, -0.15) is 0 Å². The Balaban J connectivity index is 2.08. The molecule has 1 aromatic heterocycles. The van der Waals surface area contributed by atoms with Crippen LogP contribution in [0.1, 0.15) is 22.5 Å². The topological polar surface area (TPSA) is 49.8 Å². The molecule has 1 atom stereocenters. The van der Waals surface area contributed by atoms with Gasteiger partial charge in [-0.15, -0.1) is 11.3 Å². The lowest BCUT2D eigenvalue weighted by molar-refractivity contribution is 0.0702. The fourth-order valence-corrected chi connectivity index (χ4v) is 2.82. The van der Waals surface area contributed by atoms with Crippen molar-refractivity contribution in [3.05, 3.63) is 17.0 Å². The number of carboxylic acid groups (broad SMARTS) is 1. The fourth-order valence-electron chi connectivity index (χ4n) is 1.94. The summed E-state index contributed by atoms with van der Waals surface area (Å²) in [5.74, 6) is -0.850. The van der Waals surface area contributed by atoms with E-state index in [1.54, 1.807) is 13.2 Å². The number of piperidine rings is 1. The first kappa shape index (κ1) is 11.4. The Kier molecular flexibility index (Phi) is 3.46. The number of hydrogen-bond donors (Lipinski definition) is 1. The fraction of sp³-hybridized carbons (Fsp3) is 0.545. The number of nitrogens with zero attached hydrogens (tertiary/aromatic N) is 1. The molecule has 1 N–H and O–H groups in total. The molecule has 1 unspecified atom stereocenters. The average molecular weight is 241 g/mol. The quantitative estimate of drug-likeness (QED) is 0.880. The summed E-state index contributed by atoms with van der Waals surface area (Å²) in [6, 6.07) is 3.55. The lowest BCUT2D eigenvalue weighted by Gasteiger charge is -2.32. The molecule has 1 aromatic rings. The zero-order valence-electron chi connectivity index (χ0n) is 9.18. The van der Waals surface area contributed by atoms with Gasteiger partial charge in [0, 0.05) is 20.2 Å². The van der Waals surface area contributed by atoms with E-state index in [2.05, 4.69) is 4.90 Å². The van der Waals surface area contributed by atoms with Crippen LogP contribution in [0.5, 0.6) is 0 Å². The van der Waals surface area contributed by atoms with Crippen molar-refractivity contribution in [2.24, 2.45) is 0 Å². The SMILES string of the molecule is COC1CCCN(c2ccc(C(=O)O)s2)C1. The molecule has 1 aliphatic heterocycles. The van der Waals surface area contributed by atoms with Crippen LogP contribution in [0, 0.1) is 0 Å². The summed E-state index contributed by atoms with van der Waals surface area (Å²) in [5.41, 5.74) is 0. The molecule has 5 heteroatoms. The number of anilines is 1. The predicted octanol–water partition coefficient (Wildman–Crippen LogP) is 2.06. The van der Waals surface area contributed by atoms with E-state index in [-0.39, 0.29) is 6.10 Å². The van der Waals surface area contributed by atoms with E-state index in [4.69, 9.17) is 9.84 Å². The summed E-state index contributed by atoms with van der Waals surface area (Å²) >= 11 is 1.33. The van der Waals surface area contributed by atoms with Gasteiger partial charge in [0.25, 0.3) is 0 Å². The number of aromatic carboxylic acids is 1. The first-order valence-corrected chi connectivity index (χ1v) is 6.13. The van der Waals surface area contributed by atoms with Gasteiger partial charge in [-0.05, 0) is 25.0 Å². The van der Waals surface area contributed by atoms with Crippen molar-refractivity contribution in [1.82, 2.24) is 0 Å². The van der Waals surface area contributed by atoms with Gasteiger partial charge in [0.1, 0.15) is 4.88 Å². The summed E-state index contributed by atoms with van der Waals surface area (Å²) in [6.07, 6.45) is 2.45. The first-order chi connectivity index (χ1) is 7.70. The van der Waals surface area contributed by atoms with Crippen LogP contribution in [0.3, 0.4) is 0 Å². The van der Waals surface area contributed by atoms with Crippen molar-refractivity contribution < 1.29 is 14.6 Å². The number of rotatable bonds is 3. The molecule has 0 aliphatic carbocycles. The van der Waals surface area contributed by atoms with Crippen LogP contribution in [0.4, 0.5) is 5.00 Å². The molecular formula is C11H15NO3S. The van der Waals surface area contributed by atoms with Crippen LogP contribution < -0.4 is 4.90 Å². The van der Waals surface area contributed by atoms with E-state index in [0.717, 1.165) is 30.9 Å². The van der Waals surface area contributed by atoms with E-state index >= 15 is 0 Å². The van der Waals surface area contributed by atoms with Crippen molar-refractivity contribution in [2.75, 3.05) is 25.1 Å². The Morgan fingerprint density at radius 3 is 3.06 bits per heavy atom. The molecule has 0 bridgehead atoms. The van der Waals surface area contributed by atoms with Crippen molar-refractivity contribution >= 4 is 22.3 Å². The van der Waals surface area contributed by atoms with Crippen LogP contribution in [0.2, 0.25) is 0 Å². The summed E-state index contributed by atoms with van der Waals surface area (Å²) < 4.78 is 5.34. The van der Waals surface area contributed by atoms with Gasteiger partial charge in [-0.1, -0.05) is 0 Å². The van der Waals surface area contributed by atoms with Gasteiger partial charge in [0.15, 0.2) is 0 Å². The molecule has 2 heterocycles. The normalized spacial score (nSPS) is 21.1. The van der Waals surface area contributed by atoms with E-state index in [1.165, 1.54) is 11.3 Å². The summed E-state index contributed by atoms with van der Waals surface area (Å²) in [7, 11) is 1.73. The van der Waals surface area contributed by atoms with Crippen LogP contribution in [-0.2, 0) is 4.74 Å². The van der Waals surface area contributed by atoms with Crippen LogP contribution >= 0.6 is 11.3 Å². The summed E-state index contributed by atoms with van der Waals surface area (Å²) in [4.78, 5) is 13.4. The molecule has 1 aliphatic rings. The van der Waals surface area contributed by atoms with E-state index < -0.39 is 5.97 Å². The molecule has 88 valence electrons. The van der Waals surface area contributed by atoms with Crippen molar-refractivity contribution in [3.8, 4) is 0 Å². The lowest BCUT2D eigenvalue weighted by atomic mass is 10.1. The Labute approximate surface area is 98.4 Å². The minimum absolute atomic E-state index is 0.268. The molecule has 4 nitrogen and oxygen atoms in total. The zero-order valence-corrected chi connectivity index (χ0v) is 10.00. The van der Waals surface area contributed by atoms with Crippen molar-refractivity contribution in [1.29, 1.82) is 0 Å². The summed E-state index contributed by atoms with van der Waals surface area (Å²) in [6.45, 7) is 1.84. The lowest BCUT2D eigenvalue weighted by Crippen LogP contribution is -2.38. The number of carboxylic acids is 1. The van der Waals surface area contributed by atoms with Gasteiger partial charge < -0.3 is 14.7 Å². The van der Waals surface area contributed by atoms with E-state index in [9.17, 15) is 4.79 Å². The number of methoxy groups -OCH3 is 1. The number of thiophene rings is 1. The number of hydrogen-bond acceptors (Lipinski definition) is 4. The predicted molar refractivity (Wildman–Crippen MR) is 63.5 cm³/mol. The van der Waals surface area contributed by atoms with Crippen molar-refractivity contribution in [2.45, 2.75) is 18.9 Å². The van der Waals surface area contributed by atoms with Gasteiger partial charge in [-0.3, -0.25) is 0 Å². The zero-order chi connectivity index (χ0) is 11.5. The second-order valence-corrected chi connectivity index (χ2v) is 4.95. The first-order valence-electron chi connectivity index (χ1n) is 5.31. The summed E-state index contributed by atoms with van der Waals surface area (Å²) in [5, 5.41) is 9.89. The Morgan fingerprint density at radius 2 is 2.44 bits per heavy atom. The van der Waals surface area contributed by atoms with E-state index in [1.807, 2.05) is 6.07 Å². The average Bonchev–Trinajstić information content (AvgIpc) is 2.78. The number of carbonyl (C=O) groups is 1. The maximum atomic E-state index is 10.8. The highest BCUT2D eigenvalue weighted by Crippen LogP contribution is 2.28. The van der Waals surface area contributed by atoms with Gasteiger partial charge in [0.2, 0.25) is 0 Å². The maximum Gasteiger partial charge on any atom is 0.345 e. The molecule has 0 aromatic carbocycles. The molecule has 1 saturated heterocycles. The third kappa shape index (κ3) is 2.36. The monoisotopic (exact) mass is 241 g/mol. The molecule has 1 fully saturated rings. The molecule has 2 rings (SSSR count). The highest BCUT2D eigenvalue weighted by Gasteiger charge is 2.21. The standard InChI is InChI=1S/C11H15NO3S/c1-15-8-3-2-6-12(7-8)10-5-4-9(16-10)11(13)14/h4-5,8H,2-3,6-7H2,1H3,(H,13,14). The van der Waals surface area contributed by atoms with Gasteiger partial charge >= 0.3 is 5.97 Å². The van der Waals surface area contributed by atoms with Crippen LogP contribution in [0.15, 0.2) is 12.1 Å². The smallest absolute Gasteiger partial charge is 0.345 e. The molecular weight excluding hydrogens is 226 g/mol. The molecule has 0 radical (unpaired) electrons. The Bertz CT molecular complexity index is 377. The molecule has 16 heavy (non-hydrogen) atoms. The third-order valence-corrected chi connectivity index (χ3v) is 3.96.